The second-order valence-corrected chi connectivity index (χ2v) is 3.71. The third-order valence-electron chi connectivity index (χ3n) is 1.97. The van der Waals surface area contributed by atoms with Gasteiger partial charge in [-0.15, -0.1) is 11.3 Å². The minimum Gasteiger partial charge on any atom is -0.495 e. The molecule has 0 saturated heterocycles. The highest BCUT2D eigenvalue weighted by atomic mass is 32.1. The fourth-order valence-electron chi connectivity index (χ4n) is 1.17. The Morgan fingerprint density at radius 3 is 3.00 bits per heavy atom. The largest absolute Gasteiger partial charge is 0.495 e. The molecule has 0 saturated carbocycles. The van der Waals surface area contributed by atoms with Crippen LogP contribution in [0, 0.1) is 11.3 Å². The molecule has 1 rings (SSSR count). The topological polar surface area (TPSA) is 53.3 Å². The summed E-state index contributed by atoms with van der Waals surface area (Å²) >= 11 is 1.33. The van der Waals surface area contributed by atoms with Crippen LogP contribution in [0.25, 0.3) is 0 Å². The van der Waals surface area contributed by atoms with E-state index in [1.807, 2.05) is 13.0 Å². The van der Waals surface area contributed by atoms with Gasteiger partial charge in [-0.05, 0) is 18.4 Å². The highest BCUT2D eigenvalue weighted by Gasteiger charge is 2.19. The molecular formula is C10H12N2O2S. The molecule has 1 aromatic heterocycles. The molecule has 1 heterocycles. The van der Waals surface area contributed by atoms with Crippen LogP contribution in [0.1, 0.15) is 16.6 Å². The number of carbonyl (C=O) groups excluding carboxylic acids is 1. The summed E-state index contributed by atoms with van der Waals surface area (Å²) in [6, 6.07) is 3.72. The maximum Gasteiger partial charge on any atom is 0.268 e. The lowest BCUT2D eigenvalue weighted by molar-refractivity contribution is 0.0786. The van der Waals surface area contributed by atoms with Crippen LogP contribution in [0.3, 0.4) is 0 Å². The van der Waals surface area contributed by atoms with Crippen LogP contribution in [-0.2, 0) is 0 Å². The zero-order valence-electron chi connectivity index (χ0n) is 8.69. The fourth-order valence-corrected chi connectivity index (χ4v) is 2.00. The Balaban J connectivity index is 2.88. The minimum absolute atomic E-state index is 0.108. The van der Waals surface area contributed by atoms with Crippen LogP contribution in [0.4, 0.5) is 0 Å². The number of methoxy groups -OCH3 is 1. The number of hydrogen-bond donors (Lipinski definition) is 0. The van der Waals surface area contributed by atoms with Crippen molar-refractivity contribution in [1.29, 1.82) is 5.26 Å². The first-order valence-electron chi connectivity index (χ1n) is 4.52. The molecule has 0 N–H and O–H groups in total. The second kappa shape index (κ2) is 5.37. The molecule has 0 radical (unpaired) electrons. The van der Waals surface area contributed by atoms with Gasteiger partial charge in [0.15, 0.2) is 0 Å². The molecule has 0 aliphatic rings. The van der Waals surface area contributed by atoms with E-state index in [-0.39, 0.29) is 12.5 Å². The molecule has 80 valence electrons. The minimum atomic E-state index is -0.147. The number of ether oxygens (including phenoxy) is 1. The second-order valence-electron chi connectivity index (χ2n) is 2.80. The van der Waals surface area contributed by atoms with Gasteiger partial charge in [-0.1, -0.05) is 0 Å². The average Bonchev–Trinajstić information content (AvgIpc) is 2.72. The van der Waals surface area contributed by atoms with Crippen molar-refractivity contribution in [3.8, 4) is 11.8 Å². The average molecular weight is 224 g/mol. The quantitative estimate of drug-likeness (QED) is 0.732. The summed E-state index contributed by atoms with van der Waals surface area (Å²) in [5, 5.41) is 10.4. The van der Waals surface area contributed by atoms with Gasteiger partial charge in [0.25, 0.3) is 5.91 Å². The number of nitriles is 1. The van der Waals surface area contributed by atoms with Gasteiger partial charge in [0.2, 0.25) is 0 Å². The Kier molecular flexibility index (Phi) is 4.13. The summed E-state index contributed by atoms with van der Waals surface area (Å²) in [7, 11) is 1.53. The lowest BCUT2D eigenvalue weighted by atomic mass is 10.3. The van der Waals surface area contributed by atoms with E-state index < -0.39 is 0 Å². The first-order valence-corrected chi connectivity index (χ1v) is 5.40. The summed E-state index contributed by atoms with van der Waals surface area (Å²) in [6.07, 6.45) is 0. The molecule has 15 heavy (non-hydrogen) atoms. The molecule has 0 bridgehead atoms. The zero-order valence-corrected chi connectivity index (χ0v) is 9.50. The predicted octanol–water partition coefficient (Wildman–Crippen LogP) is 1.74. The third-order valence-corrected chi connectivity index (χ3v) is 2.86. The van der Waals surface area contributed by atoms with Crippen molar-refractivity contribution in [1.82, 2.24) is 4.90 Å². The third kappa shape index (κ3) is 2.48. The number of amides is 1. The maximum absolute atomic E-state index is 11.9. The molecule has 0 aromatic carbocycles. The van der Waals surface area contributed by atoms with Crippen LogP contribution < -0.4 is 4.74 Å². The van der Waals surface area contributed by atoms with E-state index in [1.54, 1.807) is 11.4 Å². The van der Waals surface area contributed by atoms with E-state index in [1.165, 1.54) is 23.3 Å². The van der Waals surface area contributed by atoms with Gasteiger partial charge in [-0.25, -0.2) is 0 Å². The molecule has 0 unspecified atom stereocenters. The zero-order chi connectivity index (χ0) is 11.3. The smallest absolute Gasteiger partial charge is 0.268 e. The molecule has 0 aliphatic heterocycles. The van der Waals surface area contributed by atoms with Crippen LogP contribution in [0.2, 0.25) is 0 Å². The maximum atomic E-state index is 11.9. The van der Waals surface area contributed by atoms with E-state index in [2.05, 4.69) is 0 Å². The van der Waals surface area contributed by atoms with Gasteiger partial charge in [0, 0.05) is 6.54 Å². The van der Waals surface area contributed by atoms with E-state index in [4.69, 9.17) is 10.00 Å². The summed E-state index contributed by atoms with van der Waals surface area (Å²) in [5.41, 5.74) is 0. The SMILES string of the molecule is CCN(CC#N)C(=O)c1sccc1OC. The Morgan fingerprint density at radius 1 is 1.73 bits per heavy atom. The van der Waals surface area contributed by atoms with Gasteiger partial charge < -0.3 is 9.64 Å². The number of hydrogen-bond acceptors (Lipinski definition) is 4. The van der Waals surface area contributed by atoms with Crippen LogP contribution in [0.15, 0.2) is 11.4 Å². The molecule has 5 heteroatoms. The fraction of sp³-hybridized carbons (Fsp3) is 0.400. The molecule has 1 amide bonds. The Labute approximate surface area is 92.7 Å². The van der Waals surface area contributed by atoms with Crippen LogP contribution >= 0.6 is 11.3 Å². The van der Waals surface area contributed by atoms with Crippen molar-refractivity contribution in [2.45, 2.75) is 6.92 Å². The van der Waals surface area contributed by atoms with Gasteiger partial charge in [-0.2, -0.15) is 5.26 Å². The van der Waals surface area contributed by atoms with E-state index in [0.717, 1.165) is 0 Å². The molecule has 0 spiro atoms. The summed E-state index contributed by atoms with van der Waals surface area (Å²) in [5.74, 6) is 0.423. The molecule has 0 fully saturated rings. The highest BCUT2D eigenvalue weighted by Crippen LogP contribution is 2.25. The number of nitrogens with zero attached hydrogens (tertiary/aromatic N) is 2. The monoisotopic (exact) mass is 224 g/mol. The summed E-state index contributed by atoms with van der Waals surface area (Å²) in [6.45, 7) is 2.47. The van der Waals surface area contributed by atoms with Crippen LogP contribution in [-0.4, -0.2) is 31.0 Å². The van der Waals surface area contributed by atoms with E-state index in [9.17, 15) is 4.79 Å². The molecular weight excluding hydrogens is 212 g/mol. The van der Waals surface area contributed by atoms with Crippen LogP contribution in [0.5, 0.6) is 5.75 Å². The Hall–Kier alpha value is -1.54. The molecule has 0 aliphatic carbocycles. The number of thiophene rings is 1. The van der Waals surface area contributed by atoms with Gasteiger partial charge in [0.05, 0.1) is 13.2 Å². The Bertz CT molecular complexity index is 381. The van der Waals surface area contributed by atoms with E-state index in [0.29, 0.717) is 17.2 Å². The van der Waals surface area contributed by atoms with Crippen molar-refractivity contribution in [2.75, 3.05) is 20.2 Å². The highest BCUT2D eigenvalue weighted by molar-refractivity contribution is 7.12. The molecule has 4 nitrogen and oxygen atoms in total. The van der Waals surface area contributed by atoms with Crippen molar-refractivity contribution in [3.63, 3.8) is 0 Å². The first-order chi connectivity index (χ1) is 7.24. The first kappa shape index (κ1) is 11.5. The van der Waals surface area contributed by atoms with Crippen molar-refractivity contribution in [2.24, 2.45) is 0 Å². The molecule has 0 atom stereocenters. The Morgan fingerprint density at radius 2 is 2.47 bits per heavy atom. The number of carbonyl (C=O) groups is 1. The van der Waals surface area contributed by atoms with E-state index >= 15 is 0 Å². The summed E-state index contributed by atoms with van der Waals surface area (Å²) in [4.78, 5) is 13.9. The van der Waals surface area contributed by atoms with Gasteiger partial charge >= 0.3 is 0 Å². The lowest BCUT2D eigenvalue weighted by Crippen LogP contribution is -2.30. The van der Waals surface area contributed by atoms with Crippen molar-refractivity contribution in [3.05, 3.63) is 16.3 Å². The van der Waals surface area contributed by atoms with Crippen molar-refractivity contribution < 1.29 is 9.53 Å². The number of rotatable bonds is 4. The standard InChI is InChI=1S/C10H12N2O2S/c1-3-12(6-5-11)10(13)9-8(14-2)4-7-15-9/h4,7H,3,6H2,1-2H3. The molecule has 1 aromatic rings. The van der Waals surface area contributed by atoms with Crippen molar-refractivity contribution >= 4 is 17.2 Å². The van der Waals surface area contributed by atoms with Gasteiger partial charge in [-0.3, -0.25) is 4.79 Å². The predicted molar refractivity (Wildman–Crippen MR) is 58.1 cm³/mol. The van der Waals surface area contributed by atoms with Gasteiger partial charge in [0.1, 0.15) is 17.2 Å². The normalized spacial score (nSPS) is 9.40. The lowest BCUT2D eigenvalue weighted by Gasteiger charge is -2.16. The summed E-state index contributed by atoms with van der Waals surface area (Å²) < 4.78 is 5.06.